The molecule has 0 amide bonds. The highest BCUT2D eigenvalue weighted by Gasteiger charge is 2.23. The Labute approximate surface area is 229 Å². The molecule has 1 aliphatic heterocycles. The van der Waals surface area contributed by atoms with Crippen molar-refractivity contribution < 1.29 is 8.60 Å². The maximum Gasteiger partial charge on any atom is 0.259 e. The van der Waals surface area contributed by atoms with Crippen molar-refractivity contribution in [1.29, 1.82) is 0 Å². The first-order valence-electron chi connectivity index (χ1n) is 12.8. The highest BCUT2D eigenvalue weighted by Crippen LogP contribution is 2.32. The zero-order chi connectivity index (χ0) is 27.8. The summed E-state index contributed by atoms with van der Waals surface area (Å²) in [5.74, 6) is 1.08. The first-order valence-corrected chi connectivity index (χ1v) is 14.0. The van der Waals surface area contributed by atoms with Crippen LogP contribution in [0.2, 0.25) is 0 Å². The molecule has 0 aliphatic carbocycles. The van der Waals surface area contributed by atoms with Gasteiger partial charge in [0, 0.05) is 44.7 Å². The molecule has 1 aliphatic rings. The van der Waals surface area contributed by atoms with Crippen molar-refractivity contribution in [2.24, 2.45) is 12.2 Å². The van der Waals surface area contributed by atoms with Gasteiger partial charge in [0.2, 0.25) is 0 Å². The zero-order valence-electron chi connectivity index (χ0n) is 22.4. The standard InChI is InChI=1S/C28H32FN7O2S/c1-17-11-22(18(2)33-25-6-5-20(29)13-26(25)39(30)38)23-14-27(34(4)28(37)24(23)12-17)36-9-7-35(8-10-36)21-15-31-19(3)32-16-21/h5-6,11-16,18,33H,7-10,30H2,1-4H3/t18-,39?/m1/s1. The molecule has 2 atom stereocenters. The van der Waals surface area contributed by atoms with Gasteiger partial charge in [0.05, 0.1) is 28.7 Å². The van der Waals surface area contributed by atoms with Gasteiger partial charge in [-0.1, -0.05) is 6.07 Å². The molecule has 1 unspecified atom stereocenters. The number of hydrogen-bond acceptors (Lipinski definition) is 7. The van der Waals surface area contributed by atoms with Gasteiger partial charge >= 0.3 is 0 Å². The average Bonchev–Trinajstić information content (AvgIpc) is 2.92. The smallest absolute Gasteiger partial charge is 0.259 e. The van der Waals surface area contributed by atoms with Crippen LogP contribution in [0.1, 0.15) is 29.9 Å². The first kappa shape index (κ1) is 26.8. The molecule has 11 heteroatoms. The summed E-state index contributed by atoms with van der Waals surface area (Å²) in [7, 11) is -0.0536. The fourth-order valence-electron chi connectivity index (χ4n) is 5.17. The normalized spacial score (nSPS) is 15.4. The van der Waals surface area contributed by atoms with Crippen molar-refractivity contribution in [3.8, 4) is 0 Å². The molecule has 0 radical (unpaired) electrons. The fraction of sp³-hybridized carbons (Fsp3) is 0.321. The van der Waals surface area contributed by atoms with E-state index in [1.807, 2.05) is 52.3 Å². The van der Waals surface area contributed by atoms with E-state index in [0.717, 1.165) is 60.0 Å². The van der Waals surface area contributed by atoms with Crippen molar-refractivity contribution in [3.05, 3.63) is 81.9 Å². The Morgan fingerprint density at radius 1 is 1.00 bits per heavy atom. The van der Waals surface area contributed by atoms with E-state index in [1.165, 1.54) is 18.2 Å². The molecule has 3 N–H and O–H groups in total. The van der Waals surface area contributed by atoms with Gasteiger partial charge in [0.25, 0.3) is 5.56 Å². The predicted octanol–water partition coefficient (Wildman–Crippen LogP) is 3.57. The largest absolute Gasteiger partial charge is 0.377 e. The van der Waals surface area contributed by atoms with Crippen LogP contribution in [0.3, 0.4) is 0 Å². The molecule has 0 spiro atoms. The number of nitrogens with two attached hydrogens (primary N) is 1. The molecular formula is C28H32FN7O2S. The van der Waals surface area contributed by atoms with Gasteiger partial charge in [-0.3, -0.25) is 9.36 Å². The van der Waals surface area contributed by atoms with Crippen LogP contribution in [-0.2, 0) is 18.0 Å². The molecule has 3 heterocycles. The van der Waals surface area contributed by atoms with Crippen LogP contribution in [0, 0.1) is 19.7 Å². The molecule has 0 saturated carbocycles. The average molecular weight is 550 g/mol. The van der Waals surface area contributed by atoms with Gasteiger partial charge in [0.1, 0.15) is 28.4 Å². The number of hydrogen-bond donors (Lipinski definition) is 2. The lowest BCUT2D eigenvalue weighted by molar-refractivity contribution is 0.622. The Morgan fingerprint density at radius 2 is 1.67 bits per heavy atom. The van der Waals surface area contributed by atoms with Gasteiger partial charge < -0.3 is 15.1 Å². The maximum absolute atomic E-state index is 13.8. The van der Waals surface area contributed by atoms with Crippen LogP contribution in [-0.4, -0.2) is 44.9 Å². The summed E-state index contributed by atoms with van der Waals surface area (Å²) in [6.45, 7) is 8.81. The third-order valence-corrected chi connectivity index (χ3v) is 8.01. The summed E-state index contributed by atoms with van der Waals surface area (Å²) in [5.41, 5.74) is 3.27. The molecular weight excluding hydrogens is 517 g/mol. The van der Waals surface area contributed by atoms with Crippen molar-refractivity contribution in [3.63, 3.8) is 0 Å². The van der Waals surface area contributed by atoms with Gasteiger partial charge in [-0.15, -0.1) is 0 Å². The second-order valence-corrected chi connectivity index (χ2v) is 11.0. The number of fused-ring (bicyclic) bond motifs is 1. The molecule has 1 fully saturated rings. The topological polar surface area (TPSA) is 109 Å². The second-order valence-electron chi connectivity index (χ2n) is 9.95. The minimum atomic E-state index is -1.86. The van der Waals surface area contributed by atoms with Crippen LogP contribution in [0.4, 0.5) is 21.6 Å². The van der Waals surface area contributed by atoms with E-state index in [1.54, 1.807) is 4.57 Å². The third-order valence-electron chi connectivity index (χ3n) is 7.24. The van der Waals surface area contributed by atoms with E-state index in [2.05, 4.69) is 31.2 Å². The number of anilines is 3. The molecule has 39 heavy (non-hydrogen) atoms. The molecule has 5 rings (SSSR count). The summed E-state index contributed by atoms with van der Waals surface area (Å²) < 4.78 is 27.6. The second kappa shape index (κ2) is 10.7. The van der Waals surface area contributed by atoms with Gasteiger partial charge in [-0.05, 0) is 67.6 Å². The Bertz CT molecular complexity index is 1620. The summed E-state index contributed by atoms with van der Waals surface area (Å²) >= 11 is 0. The van der Waals surface area contributed by atoms with Gasteiger partial charge in [-0.25, -0.2) is 23.7 Å². The minimum absolute atomic E-state index is 0.0699. The van der Waals surface area contributed by atoms with Crippen LogP contribution in [0.25, 0.3) is 10.8 Å². The Hall–Kier alpha value is -3.83. The lowest BCUT2D eigenvalue weighted by atomic mass is 9.97. The van der Waals surface area contributed by atoms with Crippen LogP contribution < -0.4 is 25.8 Å². The number of aromatic nitrogens is 3. The number of rotatable bonds is 6. The van der Waals surface area contributed by atoms with E-state index < -0.39 is 16.8 Å². The number of benzene rings is 2. The number of nitrogens with zero attached hydrogens (tertiary/aromatic N) is 5. The number of halogens is 1. The molecule has 9 nitrogen and oxygen atoms in total. The van der Waals surface area contributed by atoms with E-state index in [0.29, 0.717) is 11.1 Å². The van der Waals surface area contributed by atoms with E-state index in [-0.39, 0.29) is 16.5 Å². The molecule has 2 aromatic heterocycles. The SMILES string of the molecule is Cc1cc([C@@H](C)Nc2ccc(F)cc2S(N)=O)c2cc(N3CCN(c4cnc(C)nc4)CC3)n(C)c(=O)c2c1. The van der Waals surface area contributed by atoms with Gasteiger partial charge in [0.15, 0.2) is 0 Å². The third kappa shape index (κ3) is 5.37. The van der Waals surface area contributed by atoms with E-state index >= 15 is 0 Å². The first-order chi connectivity index (χ1) is 18.6. The molecule has 1 saturated heterocycles. The number of aryl methyl sites for hydroxylation is 2. The Morgan fingerprint density at radius 3 is 2.33 bits per heavy atom. The lowest BCUT2D eigenvalue weighted by Crippen LogP contribution is -2.48. The van der Waals surface area contributed by atoms with Crippen LogP contribution >= 0.6 is 0 Å². The van der Waals surface area contributed by atoms with Crippen molar-refractivity contribution in [1.82, 2.24) is 14.5 Å². The fourth-order valence-corrected chi connectivity index (χ4v) is 5.74. The molecule has 2 aromatic carbocycles. The predicted molar refractivity (Wildman–Crippen MR) is 154 cm³/mol. The molecule has 4 aromatic rings. The summed E-state index contributed by atoms with van der Waals surface area (Å²) in [6, 6.07) is 9.75. The monoisotopic (exact) mass is 549 g/mol. The minimum Gasteiger partial charge on any atom is -0.377 e. The highest BCUT2D eigenvalue weighted by atomic mass is 32.2. The quantitative estimate of drug-likeness (QED) is 0.379. The van der Waals surface area contributed by atoms with Crippen molar-refractivity contribution in [2.75, 3.05) is 41.3 Å². The van der Waals surface area contributed by atoms with Crippen LogP contribution in [0.5, 0.6) is 0 Å². The van der Waals surface area contributed by atoms with E-state index in [9.17, 15) is 13.4 Å². The number of piperazine rings is 1. The Balaban J connectivity index is 1.49. The maximum atomic E-state index is 13.8. The van der Waals surface area contributed by atoms with Crippen LogP contribution in [0.15, 0.2) is 58.5 Å². The summed E-state index contributed by atoms with van der Waals surface area (Å²) in [5, 5.41) is 10.4. The molecule has 0 bridgehead atoms. The zero-order valence-corrected chi connectivity index (χ0v) is 23.3. The number of nitrogens with one attached hydrogen (secondary N) is 1. The van der Waals surface area contributed by atoms with E-state index in [4.69, 9.17) is 5.14 Å². The van der Waals surface area contributed by atoms with Gasteiger partial charge in [-0.2, -0.15) is 0 Å². The van der Waals surface area contributed by atoms with Crippen molar-refractivity contribution >= 4 is 39.0 Å². The Kier molecular flexibility index (Phi) is 7.37. The summed E-state index contributed by atoms with van der Waals surface area (Å²) in [6.07, 6.45) is 3.69. The molecule has 204 valence electrons. The number of pyridine rings is 1. The highest BCUT2D eigenvalue weighted by molar-refractivity contribution is 7.82. The lowest BCUT2D eigenvalue weighted by Gasteiger charge is -2.37. The summed E-state index contributed by atoms with van der Waals surface area (Å²) in [4.78, 5) is 26.9. The van der Waals surface area contributed by atoms with Crippen molar-refractivity contribution in [2.45, 2.75) is 31.7 Å².